The van der Waals surface area contributed by atoms with Gasteiger partial charge in [-0.15, -0.1) is 0 Å². The van der Waals surface area contributed by atoms with Crippen molar-refractivity contribution in [1.29, 1.82) is 0 Å². The number of rotatable bonds is 6. The molecule has 0 spiro atoms. The van der Waals surface area contributed by atoms with Crippen LogP contribution in [-0.4, -0.2) is 22.4 Å². The first-order valence-corrected chi connectivity index (χ1v) is 12.6. The van der Waals surface area contributed by atoms with Gasteiger partial charge >= 0.3 is 0 Å². The summed E-state index contributed by atoms with van der Waals surface area (Å²) in [5, 5.41) is 7.35. The lowest BCUT2D eigenvalue weighted by Crippen LogP contribution is -2.47. The van der Waals surface area contributed by atoms with Crippen molar-refractivity contribution in [2.75, 3.05) is 5.32 Å². The summed E-state index contributed by atoms with van der Waals surface area (Å²) in [6.07, 6.45) is 12.0. The Kier molecular flexibility index (Phi) is 4.89. The number of fused-ring (bicyclic) bond motifs is 1. The maximum Gasteiger partial charge on any atom is 0.259 e. The first-order valence-electron chi connectivity index (χ1n) is 12.6. The fraction of sp³-hybridized carbons (Fsp3) is 0.593. The van der Waals surface area contributed by atoms with E-state index < -0.39 is 6.04 Å². The van der Waals surface area contributed by atoms with Gasteiger partial charge in [-0.25, -0.2) is 0 Å². The highest BCUT2D eigenvalue weighted by molar-refractivity contribution is 6.02. The van der Waals surface area contributed by atoms with E-state index in [0.29, 0.717) is 17.5 Å². The van der Waals surface area contributed by atoms with Gasteiger partial charge in [-0.3, -0.25) is 14.4 Å². The molecule has 5 aliphatic rings. The minimum Gasteiger partial charge on any atom is -0.352 e. The topological polar surface area (TPSA) is 80.2 Å². The van der Waals surface area contributed by atoms with Crippen LogP contribution in [0.5, 0.6) is 0 Å². The number of hydrogen-bond donors (Lipinski definition) is 2. The van der Waals surface area contributed by atoms with Crippen LogP contribution in [-0.2, 0) is 9.59 Å². The molecule has 7 rings (SSSR count). The molecule has 0 aliphatic heterocycles. The highest BCUT2D eigenvalue weighted by Gasteiger charge is 2.51. The summed E-state index contributed by atoms with van der Waals surface area (Å²) in [6.45, 7) is 1.75. The maximum absolute atomic E-state index is 13.2. The molecule has 5 fully saturated rings. The first kappa shape index (κ1) is 20.9. The maximum atomic E-state index is 13.2. The van der Waals surface area contributed by atoms with Crippen LogP contribution in [0, 0.1) is 23.2 Å². The van der Waals surface area contributed by atoms with Crippen LogP contribution in [0.25, 0.3) is 10.8 Å². The predicted octanol–water partition coefficient (Wildman–Crippen LogP) is 4.39. The van der Waals surface area contributed by atoms with E-state index in [1.807, 2.05) is 18.2 Å². The Morgan fingerprint density at radius 2 is 1.70 bits per heavy atom. The van der Waals surface area contributed by atoms with Gasteiger partial charge in [0.15, 0.2) is 0 Å². The van der Waals surface area contributed by atoms with Crippen LogP contribution in [0.2, 0.25) is 0 Å². The summed E-state index contributed by atoms with van der Waals surface area (Å²) in [4.78, 5) is 38.8. The highest BCUT2D eigenvalue weighted by Crippen LogP contribution is 2.61. The second-order valence-electron chi connectivity index (χ2n) is 11.4. The van der Waals surface area contributed by atoms with Gasteiger partial charge < -0.3 is 15.2 Å². The second-order valence-corrected chi connectivity index (χ2v) is 11.4. The molecule has 1 heterocycles. The fourth-order valence-electron chi connectivity index (χ4n) is 7.42. The molecule has 0 radical (unpaired) electrons. The number of nitrogens with one attached hydrogen (secondary N) is 2. The average molecular weight is 448 g/mol. The number of pyridine rings is 1. The van der Waals surface area contributed by atoms with Crippen molar-refractivity contribution in [3.63, 3.8) is 0 Å². The van der Waals surface area contributed by atoms with Crippen molar-refractivity contribution >= 4 is 28.3 Å². The molecule has 4 bridgehead atoms. The highest BCUT2D eigenvalue weighted by atomic mass is 16.2. The van der Waals surface area contributed by atoms with E-state index in [4.69, 9.17) is 0 Å². The van der Waals surface area contributed by atoms with Crippen molar-refractivity contribution in [1.82, 2.24) is 9.88 Å². The summed E-state index contributed by atoms with van der Waals surface area (Å²) in [5.41, 5.74) is 0.658. The van der Waals surface area contributed by atoms with Crippen molar-refractivity contribution in [2.45, 2.75) is 76.8 Å². The van der Waals surface area contributed by atoms with Gasteiger partial charge in [-0.1, -0.05) is 6.07 Å². The summed E-state index contributed by atoms with van der Waals surface area (Å²) < 4.78 is 1.49. The average Bonchev–Trinajstić information content (AvgIpc) is 3.56. The molecule has 5 aliphatic carbocycles. The predicted molar refractivity (Wildman–Crippen MR) is 128 cm³/mol. The summed E-state index contributed by atoms with van der Waals surface area (Å²) >= 11 is 0. The third-order valence-electron chi connectivity index (χ3n) is 8.67. The summed E-state index contributed by atoms with van der Waals surface area (Å²) in [5.74, 6) is 2.39. The first-order chi connectivity index (χ1) is 15.9. The zero-order chi connectivity index (χ0) is 22.7. The van der Waals surface area contributed by atoms with E-state index in [9.17, 15) is 14.4 Å². The van der Waals surface area contributed by atoms with Gasteiger partial charge in [0.25, 0.3) is 5.56 Å². The number of nitrogens with zero attached hydrogens (tertiary/aromatic N) is 1. The minimum absolute atomic E-state index is 0.0609. The van der Waals surface area contributed by atoms with Crippen molar-refractivity contribution < 1.29 is 9.59 Å². The Balaban J connectivity index is 1.22. The lowest BCUT2D eigenvalue weighted by Gasteiger charge is -2.56. The zero-order valence-electron chi connectivity index (χ0n) is 19.3. The van der Waals surface area contributed by atoms with E-state index in [-0.39, 0.29) is 28.8 Å². The Labute approximate surface area is 194 Å². The summed E-state index contributed by atoms with van der Waals surface area (Å²) in [7, 11) is 0. The molecule has 0 saturated heterocycles. The molecule has 2 aromatic rings. The molecule has 174 valence electrons. The Morgan fingerprint density at radius 1 is 1.03 bits per heavy atom. The molecule has 6 nitrogen and oxygen atoms in total. The van der Waals surface area contributed by atoms with Gasteiger partial charge in [0.05, 0.1) is 0 Å². The molecule has 2 amide bonds. The van der Waals surface area contributed by atoms with Crippen LogP contribution in [0.1, 0.15) is 70.8 Å². The minimum atomic E-state index is -0.572. The third kappa shape index (κ3) is 3.87. The quantitative estimate of drug-likeness (QED) is 0.689. The van der Waals surface area contributed by atoms with Crippen LogP contribution in [0.4, 0.5) is 5.69 Å². The third-order valence-corrected chi connectivity index (χ3v) is 8.67. The number of aromatic nitrogens is 1. The van der Waals surface area contributed by atoms with Gasteiger partial charge in [-0.05, 0) is 99.7 Å². The Hall–Kier alpha value is -2.63. The molecule has 33 heavy (non-hydrogen) atoms. The van der Waals surface area contributed by atoms with Crippen LogP contribution in [0.15, 0.2) is 35.3 Å². The lowest BCUT2D eigenvalue weighted by molar-refractivity contribution is -0.125. The van der Waals surface area contributed by atoms with Crippen molar-refractivity contribution in [2.24, 2.45) is 23.2 Å². The SMILES string of the molecule is C[C@H](C(=O)NC1CC1)n1ccc2c(NC(=O)CC34CC5CC(CC(C5)C3)C4)cccc2c1=O. The largest absolute Gasteiger partial charge is 0.352 e. The van der Waals surface area contributed by atoms with E-state index >= 15 is 0 Å². The van der Waals surface area contributed by atoms with Gasteiger partial charge in [0.1, 0.15) is 6.04 Å². The Morgan fingerprint density at radius 3 is 2.33 bits per heavy atom. The molecule has 2 N–H and O–H groups in total. The monoisotopic (exact) mass is 447 g/mol. The van der Waals surface area contributed by atoms with Crippen LogP contribution < -0.4 is 16.2 Å². The smallest absolute Gasteiger partial charge is 0.259 e. The Bertz CT molecular complexity index is 1140. The van der Waals surface area contributed by atoms with Gasteiger partial charge in [-0.2, -0.15) is 0 Å². The fourth-order valence-corrected chi connectivity index (χ4v) is 7.42. The zero-order valence-corrected chi connectivity index (χ0v) is 19.3. The molecule has 6 heteroatoms. The normalized spacial score (nSPS) is 30.9. The molecule has 1 aromatic heterocycles. The summed E-state index contributed by atoms with van der Waals surface area (Å²) in [6, 6.07) is 6.98. The molecule has 0 unspecified atom stereocenters. The standard InChI is InChI=1S/C27H33N3O3/c1-16(25(32)28-20-5-6-20)30-8-7-21-22(26(30)33)3-2-4-23(21)29-24(31)15-27-12-17-9-18(13-27)11-19(10-17)14-27/h2-4,7-8,16-20H,5-6,9-15H2,1H3,(H,28,32)(H,29,31)/t16-,17?,18?,19?,27?/m1/s1. The number of amides is 2. The van der Waals surface area contributed by atoms with Crippen molar-refractivity contribution in [3.8, 4) is 0 Å². The number of anilines is 1. The van der Waals surface area contributed by atoms with E-state index in [1.54, 1.807) is 19.2 Å². The molecule has 1 aromatic carbocycles. The van der Waals surface area contributed by atoms with E-state index in [1.165, 1.54) is 43.1 Å². The molecular weight excluding hydrogens is 414 g/mol. The van der Waals surface area contributed by atoms with Crippen molar-refractivity contribution in [3.05, 3.63) is 40.8 Å². The number of hydrogen-bond acceptors (Lipinski definition) is 3. The molecule has 1 atom stereocenters. The van der Waals surface area contributed by atoms with E-state index in [0.717, 1.165) is 36.0 Å². The van der Waals surface area contributed by atoms with Gasteiger partial charge in [0.2, 0.25) is 11.8 Å². The molecular formula is C27H33N3O3. The molecule has 5 saturated carbocycles. The van der Waals surface area contributed by atoms with Gasteiger partial charge in [0, 0.05) is 35.1 Å². The van der Waals surface area contributed by atoms with E-state index in [2.05, 4.69) is 10.6 Å². The van der Waals surface area contributed by atoms with Crippen LogP contribution in [0.3, 0.4) is 0 Å². The second kappa shape index (κ2) is 7.71. The number of carbonyl (C=O) groups excluding carboxylic acids is 2. The lowest BCUT2D eigenvalue weighted by atomic mass is 9.49. The van der Waals surface area contributed by atoms with Crippen LogP contribution >= 0.6 is 0 Å². The number of benzene rings is 1. The number of carbonyl (C=O) groups is 2.